The molecule has 2 fully saturated rings. The first-order valence-corrected chi connectivity index (χ1v) is 8.80. The molecular formula is C18H24N4O2. The van der Waals surface area contributed by atoms with Gasteiger partial charge in [0.05, 0.1) is 30.4 Å². The molecular weight excluding hydrogens is 304 g/mol. The molecule has 0 bridgehead atoms. The molecule has 0 atom stereocenters. The van der Waals surface area contributed by atoms with Gasteiger partial charge in [-0.1, -0.05) is 0 Å². The Morgan fingerprint density at radius 2 is 1.88 bits per heavy atom. The summed E-state index contributed by atoms with van der Waals surface area (Å²) in [5, 5.41) is 0. The largest absolute Gasteiger partial charge is 0.473 e. The molecule has 6 nitrogen and oxygen atoms in total. The molecule has 0 amide bonds. The van der Waals surface area contributed by atoms with Crippen molar-refractivity contribution >= 4 is 16.7 Å². The number of fused-ring (bicyclic) bond motifs is 1. The molecule has 1 aliphatic carbocycles. The number of aromatic nitrogens is 2. The Kier molecular flexibility index (Phi) is 4.49. The number of nitrogens with zero attached hydrogens (tertiary/aromatic N) is 3. The second kappa shape index (κ2) is 6.91. The highest BCUT2D eigenvalue weighted by atomic mass is 16.5. The van der Waals surface area contributed by atoms with Crippen LogP contribution in [0, 0.1) is 0 Å². The topological polar surface area (TPSA) is 73.5 Å². The molecule has 2 N–H and O–H groups in total. The summed E-state index contributed by atoms with van der Waals surface area (Å²) in [4.78, 5) is 11.5. The Labute approximate surface area is 142 Å². The van der Waals surface area contributed by atoms with Crippen LogP contribution in [0.5, 0.6) is 5.88 Å². The van der Waals surface area contributed by atoms with E-state index in [1.807, 2.05) is 6.07 Å². The molecule has 4 rings (SSSR count). The molecule has 0 radical (unpaired) electrons. The lowest BCUT2D eigenvalue weighted by Crippen LogP contribution is -2.36. The number of rotatable bonds is 3. The SMILES string of the molecule is NC1CCC(Oc2cnc3ccc(N4CCOCC4)cc3n2)CC1. The Bertz CT molecular complexity index is 694. The first-order chi connectivity index (χ1) is 11.8. The fourth-order valence-corrected chi connectivity index (χ4v) is 3.44. The van der Waals surface area contributed by atoms with Gasteiger partial charge in [0.25, 0.3) is 0 Å². The first kappa shape index (κ1) is 15.6. The second-order valence-corrected chi connectivity index (χ2v) is 6.64. The maximum Gasteiger partial charge on any atom is 0.233 e. The van der Waals surface area contributed by atoms with Crippen molar-refractivity contribution in [2.45, 2.75) is 37.8 Å². The van der Waals surface area contributed by atoms with Crippen LogP contribution in [-0.4, -0.2) is 48.4 Å². The van der Waals surface area contributed by atoms with Crippen LogP contribution in [0.4, 0.5) is 5.69 Å². The van der Waals surface area contributed by atoms with E-state index in [9.17, 15) is 0 Å². The minimum atomic E-state index is 0.207. The van der Waals surface area contributed by atoms with Gasteiger partial charge < -0.3 is 20.1 Å². The predicted octanol–water partition coefficient (Wildman–Crippen LogP) is 2.12. The number of ether oxygens (including phenoxy) is 2. The summed E-state index contributed by atoms with van der Waals surface area (Å²) in [6.07, 6.45) is 5.97. The third kappa shape index (κ3) is 3.44. The Morgan fingerprint density at radius 1 is 1.08 bits per heavy atom. The highest BCUT2D eigenvalue weighted by Gasteiger charge is 2.20. The fourth-order valence-electron chi connectivity index (χ4n) is 3.44. The average molecular weight is 328 g/mol. The van der Waals surface area contributed by atoms with E-state index in [4.69, 9.17) is 15.2 Å². The quantitative estimate of drug-likeness (QED) is 0.930. The van der Waals surface area contributed by atoms with Crippen molar-refractivity contribution in [2.75, 3.05) is 31.2 Å². The van der Waals surface area contributed by atoms with Crippen LogP contribution in [0.2, 0.25) is 0 Å². The van der Waals surface area contributed by atoms with Crippen molar-refractivity contribution in [2.24, 2.45) is 5.73 Å². The summed E-state index contributed by atoms with van der Waals surface area (Å²) in [5.74, 6) is 0.613. The van der Waals surface area contributed by atoms with Crippen LogP contribution in [0.25, 0.3) is 11.0 Å². The molecule has 0 unspecified atom stereocenters. The van der Waals surface area contributed by atoms with Crippen molar-refractivity contribution < 1.29 is 9.47 Å². The van der Waals surface area contributed by atoms with Gasteiger partial charge in [-0.25, -0.2) is 9.97 Å². The minimum Gasteiger partial charge on any atom is -0.473 e. The van der Waals surface area contributed by atoms with Crippen LogP contribution in [0.15, 0.2) is 24.4 Å². The minimum absolute atomic E-state index is 0.207. The fraction of sp³-hybridized carbons (Fsp3) is 0.556. The molecule has 1 saturated heterocycles. The van der Waals surface area contributed by atoms with E-state index < -0.39 is 0 Å². The molecule has 1 aromatic heterocycles. The Hall–Kier alpha value is -1.92. The smallest absolute Gasteiger partial charge is 0.233 e. The van der Waals surface area contributed by atoms with Gasteiger partial charge in [-0.3, -0.25) is 0 Å². The van der Waals surface area contributed by atoms with E-state index in [0.717, 1.165) is 63.0 Å². The van der Waals surface area contributed by atoms with Crippen molar-refractivity contribution in [3.63, 3.8) is 0 Å². The van der Waals surface area contributed by atoms with Crippen LogP contribution >= 0.6 is 0 Å². The van der Waals surface area contributed by atoms with Gasteiger partial charge in [-0.15, -0.1) is 0 Å². The molecule has 128 valence electrons. The third-order valence-corrected chi connectivity index (χ3v) is 4.89. The number of benzene rings is 1. The van der Waals surface area contributed by atoms with Crippen molar-refractivity contribution in [1.29, 1.82) is 0 Å². The molecule has 2 aliphatic rings. The Morgan fingerprint density at radius 3 is 2.67 bits per heavy atom. The van der Waals surface area contributed by atoms with Gasteiger partial charge in [0, 0.05) is 24.8 Å². The lowest BCUT2D eigenvalue weighted by molar-refractivity contribution is 0.122. The van der Waals surface area contributed by atoms with Gasteiger partial charge in [-0.05, 0) is 43.9 Å². The zero-order chi connectivity index (χ0) is 16.4. The van der Waals surface area contributed by atoms with Gasteiger partial charge >= 0.3 is 0 Å². The Balaban J connectivity index is 1.52. The monoisotopic (exact) mass is 328 g/mol. The van der Waals surface area contributed by atoms with E-state index in [2.05, 4.69) is 27.0 Å². The molecule has 6 heteroatoms. The highest BCUT2D eigenvalue weighted by Crippen LogP contribution is 2.25. The summed E-state index contributed by atoms with van der Waals surface area (Å²) < 4.78 is 11.5. The van der Waals surface area contributed by atoms with Crippen molar-refractivity contribution in [3.8, 4) is 5.88 Å². The number of anilines is 1. The maximum absolute atomic E-state index is 6.03. The summed E-state index contributed by atoms with van der Waals surface area (Å²) >= 11 is 0. The first-order valence-electron chi connectivity index (χ1n) is 8.80. The van der Waals surface area contributed by atoms with Crippen LogP contribution < -0.4 is 15.4 Å². The maximum atomic E-state index is 6.03. The number of hydrogen-bond acceptors (Lipinski definition) is 6. The third-order valence-electron chi connectivity index (χ3n) is 4.89. The van der Waals surface area contributed by atoms with Gasteiger partial charge in [0.1, 0.15) is 6.10 Å². The van der Waals surface area contributed by atoms with Crippen molar-refractivity contribution in [1.82, 2.24) is 9.97 Å². The molecule has 24 heavy (non-hydrogen) atoms. The zero-order valence-corrected chi connectivity index (χ0v) is 13.9. The summed E-state index contributed by atoms with van der Waals surface area (Å²) in [6, 6.07) is 6.54. The zero-order valence-electron chi connectivity index (χ0n) is 13.9. The highest BCUT2D eigenvalue weighted by molar-refractivity contribution is 5.79. The van der Waals surface area contributed by atoms with Crippen LogP contribution in [0.3, 0.4) is 0 Å². The van der Waals surface area contributed by atoms with Crippen molar-refractivity contribution in [3.05, 3.63) is 24.4 Å². The molecule has 1 saturated carbocycles. The second-order valence-electron chi connectivity index (χ2n) is 6.64. The lowest BCUT2D eigenvalue weighted by Gasteiger charge is -2.29. The standard InChI is InChI=1S/C18H24N4O2/c19-13-1-4-15(5-2-13)24-18-12-20-16-6-3-14(11-17(16)21-18)22-7-9-23-10-8-22/h3,6,11-13,15H,1-2,4-5,7-10,19H2. The van der Waals surface area contributed by atoms with E-state index in [1.54, 1.807) is 6.20 Å². The normalized spacial score (nSPS) is 25.0. The summed E-state index contributed by atoms with van der Waals surface area (Å²) in [7, 11) is 0. The van der Waals surface area contributed by atoms with Gasteiger partial charge in [0.15, 0.2) is 0 Å². The lowest BCUT2D eigenvalue weighted by atomic mass is 9.94. The van der Waals surface area contributed by atoms with E-state index in [1.165, 1.54) is 5.69 Å². The molecule has 1 aliphatic heterocycles. The number of morpholine rings is 1. The van der Waals surface area contributed by atoms with E-state index >= 15 is 0 Å². The number of nitrogens with two attached hydrogens (primary N) is 1. The van der Waals surface area contributed by atoms with Crippen LogP contribution in [-0.2, 0) is 4.74 Å². The van der Waals surface area contributed by atoms with Gasteiger partial charge in [-0.2, -0.15) is 0 Å². The van der Waals surface area contributed by atoms with E-state index in [0.29, 0.717) is 11.9 Å². The molecule has 0 spiro atoms. The van der Waals surface area contributed by atoms with Gasteiger partial charge in [0.2, 0.25) is 5.88 Å². The molecule has 2 aromatic rings. The predicted molar refractivity (Wildman–Crippen MR) is 93.4 cm³/mol. The van der Waals surface area contributed by atoms with Crippen LogP contribution in [0.1, 0.15) is 25.7 Å². The summed E-state index contributed by atoms with van der Waals surface area (Å²) in [5.41, 5.74) is 8.89. The average Bonchev–Trinajstić information content (AvgIpc) is 2.64. The molecule has 1 aromatic carbocycles. The molecule has 2 heterocycles. The van der Waals surface area contributed by atoms with E-state index in [-0.39, 0.29) is 6.10 Å². The summed E-state index contributed by atoms with van der Waals surface area (Å²) in [6.45, 7) is 3.38. The number of hydrogen-bond donors (Lipinski definition) is 1.